The van der Waals surface area contributed by atoms with Gasteiger partial charge >= 0.3 is 0 Å². The molecule has 0 spiro atoms. The number of hydrogen-bond acceptors (Lipinski definition) is 2. The Morgan fingerprint density at radius 1 is 1.28 bits per heavy atom. The van der Waals surface area contributed by atoms with Crippen LogP contribution in [0.4, 0.5) is 0 Å². The van der Waals surface area contributed by atoms with Crippen molar-refractivity contribution in [3.05, 3.63) is 26.7 Å². The van der Waals surface area contributed by atoms with Crippen molar-refractivity contribution in [2.45, 2.75) is 51.0 Å². The van der Waals surface area contributed by atoms with Gasteiger partial charge in [0.05, 0.1) is 9.67 Å². The summed E-state index contributed by atoms with van der Waals surface area (Å²) in [6, 6.07) is 0. The maximum absolute atomic E-state index is 6.15. The third-order valence-electron chi connectivity index (χ3n) is 4.02. The number of aryl methyl sites for hydroxylation is 1. The van der Waals surface area contributed by atoms with Crippen LogP contribution in [0.5, 0.6) is 0 Å². The number of rotatable bonds is 2. The van der Waals surface area contributed by atoms with Gasteiger partial charge in [0.2, 0.25) is 0 Å². The van der Waals surface area contributed by atoms with E-state index in [4.69, 9.17) is 9.15 Å². The van der Waals surface area contributed by atoms with Crippen LogP contribution in [0.2, 0.25) is 0 Å². The van der Waals surface area contributed by atoms with Gasteiger partial charge in [0.15, 0.2) is 0 Å². The number of methoxy groups -OCH3 is 1. The number of furan rings is 1. The summed E-state index contributed by atoms with van der Waals surface area (Å²) in [5.41, 5.74) is 2.74. The molecule has 0 aliphatic heterocycles. The van der Waals surface area contributed by atoms with Crippen molar-refractivity contribution in [1.82, 2.24) is 0 Å². The van der Waals surface area contributed by atoms with E-state index in [0.717, 1.165) is 18.6 Å². The van der Waals surface area contributed by atoms with Gasteiger partial charge in [-0.2, -0.15) is 0 Å². The first-order valence-corrected chi connectivity index (χ1v) is 7.92. The van der Waals surface area contributed by atoms with Crippen molar-refractivity contribution < 1.29 is 9.15 Å². The van der Waals surface area contributed by atoms with Crippen molar-refractivity contribution in [2.24, 2.45) is 0 Å². The zero-order valence-corrected chi connectivity index (χ0v) is 13.0. The Kier molecular flexibility index (Phi) is 3.80. The van der Waals surface area contributed by atoms with E-state index in [1.54, 1.807) is 0 Å². The number of hydrogen-bond donors (Lipinski definition) is 0. The normalized spacial score (nSPS) is 23.7. The molecule has 3 rings (SSSR count). The summed E-state index contributed by atoms with van der Waals surface area (Å²) in [4.78, 5) is 0. The second-order valence-corrected chi connectivity index (χ2v) is 6.25. The highest BCUT2D eigenvalue weighted by molar-refractivity contribution is 14.1. The van der Waals surface area contributed by atoms with Gasteiger partial charge in [0.25, 0.3) is 0 Å². The second-order valence-electron chi connectivity index (χ2n) is 5.17. The fourth-order valence-corrected chi connectivity index (χ4v) is 4.16. The van der Waals surface area contributed by atoms with Gasteiger partial charge in [-0.25, -0.2) is 0 Å². The van der Waals surface area contributed by atoms with Crippen LogP contribution in [-0.4, -0.2) is 7.11 Å². The molecule has 1 aromatic heterocycles. The van der Waals surface area contributed by atoms with Gasteiger partial charge in [0, 0.05) is 19.1 Å². The maximum atomic E-state index is 6.15. The van der Waals surface area contributed by atoms with E-state index >= 15 is 0 Å². The van der Waals surface area contributed by atoms with Crippen molar-refractivity contribution >= 4 is 28.2 Å². The second kappa shape index (κ2) is 5.37. The number of halogens is 1. The van der Waals surface area contributed by atoms with Crippen LogP contribution < -0.4 is 0 Å². The Balaban J connectivity index is 2.02. The molecule has 2 aliphatic carbocycles. The lowest BCUT2D eigenvalue weighted by atomic mass is 9.94. The SMILES string of the molecule is COC1CCCc2oc(C3=CCCCC3)c(I)c21. The smallest absolute Gasteiger partial charge is 0.143 e. The highest BCUT2D eigenvalue weighted by Gasteiger charge is 2.29. The first-order valence-electron chi connectivity index (χ1n) is 6.84. The average Bonchev–Trinajstić information content (AvgIpc) is 2.77. The summed E-state index contributed by atoms with van der Waals surface area (Å²) in [7, 11) is 1.81. The molecule has 0 aromatic carbocycles. The average molecular weight is 358 g/mol. The fraction of sp³-hybridized carbons (Fsp3) is 0.600. The molecule has 3 heteroatoms. The van der Waals surface area contributed by atoms with Crippen LogP contribution in [0.3, 0.4) is 0 Å². The fourth-order valence-electron chi connectivity index (χ4n) is 3.05. The third-order valence-corrected chi connectivity index (χ3v) is 5.09. The minimum Gasteiger partial charge on any atom is -0.460 e. The quantitative estimate of drug-likeness (QED) is 0.704. The minimum atomic E-state index is 0.238. The largest absolute Gasteiger partial charge is 0.460 e. The third kappa shape index (κ3) is 2.16. The molecule has 2 aliphatic rings. The Morgan fingerprint density at radius 3 is 2.89 bits per heavy atom. The van der Waals surface area contributed by atoms with E-state index in [9.17, 15) is 0 Å². The van der Waals surface area contributed by atoms with Crippen LogP contribution in [0.15, 0.2) is 10.5 Å². The highest BCUT2D eigenvalue weighted by atomic mass is 127. The maximum Gasteiger partial charge on any atom is 0.143 e. The van der Waals surface area contributed by atoms with Crippen molar-refractivity contribution in [3.63, 3.8) is 0 Å². The molecule has 98 valence electrons. The molecule has 18 heavy (non-hydrogen) atoms. The highest BCUT2D eigenvalue weighted by Crippen LogP contribution is 2.42. The zero-order chi connectivity index (χ0) is 12.5. The summed E-state index contributed by atoms with van der Waals surface area (Å²) in [6.45, 7) is 0. The van der Waals surface area contributed by atoms with E-state index in [1.807, 2.05) is 7.11 Å². The van der Waals surface area contributed by atoms with E-state index < -0.39 is 0 Å². The topological polar surface area (TPSA) is 22.4 Å². The zero-order valence-electron chi connectivity index (χ0n) is 10.8. The molecule has 0 bridgehead atoms. The monoisotopic (exact) mass is 358 g/mol. The van der Waals surface area contributed by atoms with E-state index in [2.05, 4.69) is 28.7 Å². The molecule has 0 N–H and O–H groups in total. The molecular weight excluding hydrogens is 339 g/mol. The van der Waals surface area contributed by atoms with Crippen molar-refractivity contribution in [3.8, 4) is 0 Å². The van der Waals surface area contributed by atoms with Crippen LogP contribution in [0.25, 0.3) is 5.57 Å². The Morgan fingerprint density at radius 2 is 2.17 bits per heavy atom. The van der Waals surface area contributed by atoms with E-state index in [1.165, 1.54) is 52.6 Å². The van der Waals surface area contributed by atoms with Crippen LogP contribution >= 0.6 is 22.6 Å². The van der Waals surface area contributed by atoms with Gasteiger partial charge < -0.3 is 9.15 Å². The standard InChI is InChI=1S/C15H19IO2/c1-17-11-8-5-9-12-13(11)14(16)15(18-12)10-6-3-2-4-7-10/h6,11H,2-5,7-9H2,1H3. The Hall–Kier alpha value is -0.290. The molecule has 1 aromatic rings. The number of allylic oxidation sites excluding steroid dienone is 2. The Bertz CT molecular complexity index is 473. The first-order chi connectivity index (χ1) is 8.81. The first kappa shape index (κ1) is 12.7. The Labute approximate surface area is 122 Å². The molecule has 0 saturated carbocycles. The number of ether oxygens (including phenoxy) is 1. The lowest BCUT2D eigenvalue weighted by Gasteiger charge is -2.20. The van der Waals surface area contributed by atoms with Gasteiger partial charge in [0.1, 0.15) is 11.5 Å². The molecule has 1 atom stereocenters. The van der Waals surface area contributed by atoms with Gasteiger partial charge in [-0.1, -0.05) is 6.08 Å². The molecule has 0 saturated heterocycles. The lowest BCUT2D eigenvalue weighted by Crippen LogP contribution is -2.10. The minimum absolute atomic E-state index is 0.238. The van der Waals surface area contributed by atoms with Crippen LogP contribution in [-0.2, 0) is 11.2 Å². The summed E-state index contributed by atoms with van der Waals surface area (Å²) >= 11 is 2.45. The van der Waals surface area contributed by atoms with E-state index in [0.29, 0.717) is 0 Å². The molecule has 2 nitrogen and oxygen atoms in total. The molecule has 0 radical (unpaired) electrons. The van der Waals surface area contributed by atoms with Crippen LogP contribution in [0, 0.1) is 3.57 Å². The number of fused-ring (bicyclic) bond motifs is 1. The van der Waals surface area contributed by atoms with Gasteiger partial charge in [-0.3, -0.25) is 0 Å². The lowest BCUT2D eigenvalue weighted by molar-refractivity contribution is 0.0852. The predicted molar refractivity (Wildman–Crippen MR) is 80.6 cm³/mol. The molecule has 1 heterocycles. The van der Waals surface area contributed by atoms with Crippen molar-refractivity contribution in [1.29, 1.82) is 0 Å². The van der Waals surface area contributed by atoms with Gasteiger partial charge in [-0.15, -0.1) is 0 Å². The molecule has 0 amide bonds. The molecule has 0 fully saturated rings. The summed E-state index contributed by atoms with van der Waals surface area (Å²) in [5, 5.41) is 0. The molecule has 1 unspecified atom stereocenters. The van der Waals surface area contributed by atoms with Crippen LogP contribution in [0.1, 0.15) is 61.7 Å². The summed E-state index contributed by atoms with van der Waals surface area (Å²) < 4.78 is 13.1. The van der Waals surface area contributed by atoms with E-state index in [-0.39, 0.29) is 6.10 Å². The summed E-state index contributed by atoms with van der Waals surface area (Å²) in [6.07, 6.45) is 10.9. The summed E-state index contributed by atoms with van der Waals surface area (Å²) in [5.74, 6) is 2.29. The predicted octanol–water partition coefficient (Wildman–Crippen LogP) is 4.87. The van der Waals surface area contributed by atoms with Crippen molar-refractivity contribution in [2.75, 3.05) is 7.11 Å². The van der Waals surface area contributed by atoms with Gasteiger partial charge in [-0.05, 0) is 66.7 Å². The molecular formula is C15H19IO2.